The van der Waals surface area contributed by atoms with E-state index in [0.717, 1.165) is 30.6 Å². The summed E-state index contributed by atoms with van der Waals surface area (Å²) in [4.78, 5) is 24.3. The SMILES string of the molecule is CCCC[C@H](NC(=O)NC(CCC)c1cccs1)C(=O)O. The first-order valence-corrected chi connectivity index (χ1v) is 8.29. The maximum absolute atomic E-state index is 12.0. The molecule has 2 atom stereocenters. The van der Waals surface area contributed by atoms with Gasteiger partial charge in [-0.1, -0.05) is 39.2 Å². The second-order valence-electron chi connectivity index (χ2n) is 5.01. The second-order valence-corrected chi connectivity index (χ2v) is 5.99. The zero-order valence-electron chi connectivity index (χ0n) is 12.6. The van der Waals surface area contributed by atoms with Crippen molar-refractivity contribution < 1.29 is 14.7 Å². The van der Waals surface area contributed by atoms with Crippen molar-refractivity contribution in [2.24, 2.45) is 0 Å². The van der Waals surface area contributed by atoms with Gasteiger partial charge in [0.05, 0.1) is 6.04 Å². The van der Waals surface area contributed by atoms with E-state index in [2.05, 4.69) is 17.6 Å². The van der Waals surface area contributed by atoms with Gasteiger partial charge in [0.1, 0.15) is 6.04 Å². The second kappa shape index (κ2) is 9.39. The van der Waals surface area contributed by atoms with E-state index in [1.165, 1.54) is 0 Å². The topological polar surface area (TPSA) is 78.4 Å². The normalized spacial score (nSPS) is 13.4. The largest absolute Gasteiger partial charge is 0.480 e. The zero-order chi connectivity index (χ0) is 15.7. The molecule has 6 heteroatoms. The number of nitrogens with one attached hydrogen (secondary N) is 2. The third-order valence-corrected chi connectivity index (χ3v) is 4.21. The highest BCUT2D eigenvalue weighted by Gasteiger charge is 2.21. The molecule has 1 heterocycles. The molecule has 1 unspecified atom stereocenters. The summed E-state index contributed by atoms with van der Waals surface area (Å²) in [6.45, 7) is 4.05. The first-order chi connectivity index (χ1) is 10.1. The van der Waals surface area contributed by atoms with Crippen molar-refractivity contribution >= 4 is 23.3 Å². The number of hydrogen-bond donors (Lipinski definition) is 3. The minimum atomic E-state index is -0.984. The monoisotopic (exact) mass is 312 g/mol. The summed E-state index contributed by atoms with van der Waals surface area (Å²) in [7, 11) is 0. The van der Waals surface area contributed by atoms with Gasteiger partial charge in [-0.2, -0.15) is 0 Å². The molecule has 0 spiro atoms. The van der Waals surface area contributed by atoms with Crippen molar-refractivity contribution in [1.29, 1.82) is 0 Å². The van der Waals surface area contributed by atoms with E-state index >= 15 is 0 Å². The summed E-state index contributed by atoms with van der Waals surface area (Å²) in [5, 5.41) is 16.5. The van der Waals surface area contributed by atoms with Crippen molar-refractivity contribution in [3.63, 3.8) is 0 Å². The minimum Gasteiger partial charge on any atom is -0.480 e. The van der Waals surface area contributed by atoms with Gasteiger partial charge in [0.2, 0.25) is 0 Å². The van der Waals surface area contributed by atoms with E-state index in [-0.39, 0.29) is 6.04 Å². The Labute approximate surface area is 129 Å². The lowest BCUT2D eigenvalue weighted by molar-refractivity contribution is -0.139. The molecule has 0 bridgehead atoms. The van der Waals surface area contributed by atoms with E-state index in [1.54, 1.807) is 11.3 Å². The highest BCUT2D eigenvalue weighted by Crippen LogP contribution is 2.23. The number of carboxylic acids is 1. The summed E-state index contributed by atoms with van der Waals surface area (Å²) in [6.07, 6.45) is 3.92. The maximum Gasteiger partial charge on any atom is 0.326 e. The average Bonchev–Trinajstić information content (AvgIpc) is 2.96. The molecule has 0 aliphatic heterocycles. The number of aliphatic carboxylic acids is 1. The fourth-order valence-electron chi connectivity index (χ4n) is 2.09. The third kappa shape index (κ3) is 6.16. The molecule has 0 radical (unpaired) electrons. The third-order valence-electron chi connectivity index (χ3n) is 3.22. The van der Waals surface area contributed by atoms with E-state index in [1.807, 2.05) is 24.4 Å². The first kappa shape index (κ1) is 17.5. The molecule has 0 aliphatic carbocycles. The number of rotatable bonds is 9. The molecule has 0 aliphatic rings. The van der Waals surface area contributed by atoms with Crippen LogP contribution in [0.2, 0.25) is 0 Å². The number of carbonyl (C=O) groups excluding carboxylic acids is 1. The maximum atomic E-state index is 12.0. The van der Waals surface area contributed by atoms with E-state index in [4.69, 9.17) is 5.11 Å². The van der Waals surface area contributed by atoms with E-state index < -0.39 is 18.0 Å². The van der Waals surface area contributed by atoms with Crippen molar-refractivity contribution in [2.75, 3.05) is 0 Å². The van der Waals surface area contributed by atoms with Crippen LogP contribution in [-0.4, -0.2) is 23.1 Å². The molecule has 2 amide bonds. The predicted molar refractivity (Wildman–Crippen MR) is 84.6 cm³/mol. The van der Waals surface area contributed by atoms with Gasteiger partial charge in [-0.05, 0) is 24.3 Å². The summed E-state index contributed by atoms with van der Waals surface area (Å²) in [5.41, 5.74) is 0. The lowest BCUT2D eigenvalue weighted by Gasteiger charge is -2.20. The van der Waals surface area contributed by atoms with Crippen LogP contribution >= 0.6 is 11.3 Å². The molecule has 1 aromatic rings. The van der Waals surface area contributed by atoms with Crippen molar-refractivity contribution in [2.45, 2.75) is 58.0 Å². The smallest absolute Gasteiger partial charge is 0.326 e. The van der Waals surface area contributed by atoms with Crippen LogP contribution in [0.25, 0.3) is 0 Å². The Balaban J connectivity index is 2.58. The number of hydrogen-bond acceptors (Lipinski definition) is 3. The first-order valence-electron chi connectivity index (χ1n) is 7.41. The highest BCUT2D eigenvalue weighted by molar-refractivity contribution is 7.10. The Morgan fingerprint density at radius 2 is 2.00 bits per heavy atom. The summed E-state index contributed by atoms with van der Waals surface area (Å²) >= 11 is 1.59. The number of carboxylic acid groups (broad SMARTS) is 1. The Morgan fingerprint density at radius 1 is 1.24 bits per heavy atom. The quantitative estimate of drug-likeness (QED) is 0.652. The molecular formula is C15H24N2O3S. The molecule has 0 saturated heterocycles. The van der Waals surface area contributed by atoms with E-state index in [0.29, 0.717) is 6.42 Å². The summed E-state index contributed by atoms with van der Waals surface area (Å²) < 4.78 is 0. The fourth-order valence-corrected chi connectivity index (χ4v) is 2.90. The van der Waals surface area contributed by atoms with Gasteiger partial charge in [-0.3, -0.25) is 0 Å². The predicted octanol–water partition coefficient (Wildman–Crippen LogP) is 3.53. The molecule has 3 N–H and O–H groups in total. The summed E-state index contributed by atoms with van der Waals surface area (Å²) in [5.74, 6) is -0.984. The van der Waals surface area contributed by atoms with Crippen LogP contribution in [0.15, 0.2) is 17.5 Å². The van der Waals surface area contributed by atoms with Gasteiger partial charge in [0.25, 0.3) is 0 Å². The molecule has 21 heavy (non-hydrogen) atoms. The molecular weight excluding hydrogens is 288 g/mol. The molecule has 118 valence electrons. The van der Waals surface area contributed by atoms with Crippen molar-refractivity contribution in [3.05, 3.63) is 22.4 Å². The standard InChI is InChI=1S/C15H24N2O3S/c1-3-5-8-12(14(18)19)17-15(20)16-11(7-4-2)13-9-6-10-21-13/h6,9-12H,3-5,7-8H2,1-2H3,(H,18,19)(H2,16,17,20)/t11?,12-/m0/s1. The van der Waals surface area contributed by atoms with Crippen LogP contribution in [0.5, 0.6) is 0 Å². The number of carbonyl (C=O) groups is 2. The Morgan fingerprint density at radius 3 is 2.52 bits per heavy atom. The Hall–Kier alpha value is -1.56. The van der Waals surface area contributed by atoms with Gasteiger partial charge < -0.3 is 15.7 Å². The van der Waals surface area contributed by atoms with Gasteiger partial charge in [-0.25, -0.2) is 9.59 Å². The Kier molecular flexibility index (Phi) is 7.82. The minimum absolute atomic E-state index is 0.0596. The van der Waals surface area contributed by atoms with Crippen LogP contribution in [-0.2, 0) is 4.79 Å². The number of urea groups is 1. The molecule has 5 nitrogen and oxygen atoms in total. The van der Waals surface area contributed by atoms with Crippen LogP contribution in [0.4, 0.5) is 4.79 Å². The molecule has 1 aromatic heterocycles. The zero-order valence-corrected chi connectivity index (χ0v) is 13.4. The molecule has 0 saturated carbocycles. The number of unbranched alkanes of at least 4 members (excludes halogenated alkanes) is 1. The highest BCUT2D eigenvalue weighted by atomic mass is 32.1. The Bertz CT molecular complexity index is 434. The summed E-state index contributed by atoms with van der Waals surface area (Å²) in [6, 6.07) is 2.64. The van der Waals surface area contributed by atoms with Gasteiger partial charge in [0, 0.05) is 4.88 Å². The lowest BCUT2D eigenvalue weighted by atomic mass is 10.1. The lowest BCUT2D eigenvalue weighted by Crippen LogP contribution is -2.46. The average molecular weight is 312 g/mol. The van der Waals surface area contributed by atoms with Gasteiger partial charge >= 0.3 is 12.0 Å². The molecule has 1 rings (SSSR count). The van der Waals surface area contributed by atoms with Crippen molar-refractivity contribution in [1.82, 2.24) is 10.6 Å². The number of amides is 2. The molecule has 0 fully saturated rings. The van der Waals surface area contributed by atoms with Crippen LogP contribution < -0.4 is 10.6 Å². The van der Waals surface area contributed by atoms with Crippen molar-refractivity contribution in [3.8, 4) is 0 Å². The molecule has 0 aromatic carbocycles. The van der Waals surface area contributed by atoms with E-state index in [9.17, 15) is 9.59 Å². The van der Waals surface area contributed by atoms with Crippen LogP contribution in [0.3, 0.4) is 0 Å². The van der Waals surface area contributed by atoms with Gasteiger partial charge in [0.15, 0.2) is 0 Å². The van der Waals surface area contributed by atoms with Crippen LogP contribution in [0, 0.1) is 0 Å². The van der Waals surface area contributed by atoms with Gasteiger partial charge in [-0.15, -0.1) is 11.3 Å². The van der Waals surface area contributed by atoms with Crippen LogP contribution in [0.1, 0.15) is 56.9 Å². The fraction of sp³-hybridized carbons (Fsp3) is 0.600. The number of thiophene rings is 1.